The monoisotopic (exact) mass is 329 g/mol. The smallest absolute Gasteiger partial charge is 0.0654 e. The zero-order chi connectivity index (χ0) is 15.6. The van der Waals surface area contributed by atoms with Crippen molar-refractivity contribution in [3.05, 3.63) is 33.8 Å². The Morgan fingerprint density at radius 3 is 2.57 bits per heavy atom. The lowest BCUT2D eigenvalue weighted by Gasteiger charge is -2.43. The minimum Gasteiger partial charge on any atom is -0.392 e. The maximum absolute atomic E-state index is 10.9. The Morgan fingerprint density at radius 1 is 1.29 bits per heavy atom. The van der Waals surface area contributed by atoms with Crippen molar-refractivity contribution in [2.45, 2.75) is 51.6 Å². The molecule has 1 aromatic rings. The molecule has 1 aliphatic carbocycles. The van der Waals surface area contributed by atoms with Crippen molar-refractivity contribution < 1.29 is 5.11 Å². The normalized spacial score (nSPS) is 24.6. The molecule has 2 nitrogen and oxygen atoms in total. The number of hydrogen-bond acceptors (Lipinski definition) is 2. The van der Waals surface area contributed by atoms with E-state index in [0.29, 0.717) is 16.6 Å². The van der Waals surface area contributed by atoms with Gasteiger partial charge in [-0.3, -0.25) is 0 Å². The van der Waals surface area contributed by atoms with Crippen molar-refractivity contribution in [3.8, 4) is 0 Å². The Kier molecular flexibility index (Phi) is 5.59. The Hall–Kier alpha value is -0.280. The first-order chi connectivity index (χ1) is 9.86. The van der Waals surface area contributed by atoms with E-state index in [9.17, 15) is 5.11 Å². The molecule has 1 aliphatic rings. The third-order valence-electron chi connectivity index (χ3n) is 5.04. The van der Waals surface area contributed by atoms with Crippen molar-refractivity contribution in [2.24, 2.45) is 17.1 Å². The van der Waals surface area contributed by atoms with Gasteiger partial charge in [-0.1, -0.05) is 56.0 Å². The van der Waals surface area contributed by atoms with Crippen LogP contribution in [0.5, 0.6) is 0 Å². The van der Waals surface area contributed by atoms with Crippen LogP contribution in [0.1, 0.15) is 51.0 Å². The quantitative estimate of drug-likeness (QED) is 0.847. The van der Waals surface area contributed by atoms with Gasteiger partial charge in [0.25, 0.3) is 0 Å². The van der Waals surface area contributed by atoms with Gasteiger partial charge in [0.05, 0.1) is 16.1 Å². The lowest BCUT2D eigenvalue weighted by molar-refractivity contribution is -0.00894. The van der Waals surface area contributed by atoms with Gasteiger partial charge in [-0.15, -0.1) is 0 Å². The average Bonchev–Trinajstić information content (AvgIpc) is 2.43. The molecule has 21 heavy (non-hydrogen) atoms. The van der Waals surface area contributed by atoms with Gasteiger partial charge in [-0.05, 0) is 41.9 Å². The summed E-state index contributed by atoms with van der Waals surface area (Å²) in [6.45, 7) is 4.91. The molecule has 0 aliphatic heterocycles. The minimum atomic E-state index is -0.442. The van der Waals surface area contributed by atoms with Gasteiger partial charge < -0.3 is 10.8 Å². The lowest BCUT2D eigenvalue weighted by atomic mass is 9.64. The fourth-order valence-corrected chi connectivity index (χ4v) is 3.96. The van der Waals surface area contributed by atoms with Gasteiger partial charge >= 0.3 is 0 Å². The molecule has 0 amide bonds. The highest BCUT2D eigenvalue weighted by molar-refractivity contribution is 6.42. The molecule has 0 radical (unpaired) electrons. The first-order valence-corrected chi connectivity index (χ1v) is 8.45. The van der Waals surface area contributed by atoms with Gasteiger partial charge in [-0.2, -0.15) is 0 Å². The van der Waals surface area contributed by atoms with Gasteiger partial charge in [-0.25, -0.2) is 0 Å². The van der Waals surface area contributed by atoms with Crippen LogP contribution < -0.4 is 5.73 Å². The van der Waals surface area contributed by atoms with Crippen LogP contribution in [0.15, 0.2) is 18.2 Å². The summed E-state index contributed by atoms with van der Waals surface area (Å²) in [6, 6.07) is 5.53. The largest absolute Gasteiger partial charge is 0.392 e. The summed E-state index contributed by atoms with van der Waals surface area (Å²) in [7, 11) is 0. The predicted molar refractivity (Wildman–Crippen MR) is 90.0 cm³/mol. The molecule has 0 heterocycles. The topological polar surface area (TPSA) is 46.2 Å². The summed E-state index contributed by atoms with van der Waals surface area (Å²) in [5.41, 5.74) is 7.08. The highest BCUT2D eigenvalue weighted by atomic mass is 35.5. The second-order valence-electron chi connectivity index (χ2n) is 6.85. The van der Waals surface area contributed by atoms with Crippen LogP contribution in [0.3, 0.4) is 0 Å². The van der Waals surface area contributed by atoms with Gasteiger partial charge in [0.1, 0.15) is 0 Å². The maximum atomic E-state index is 10.9. The molecule has 3 N–H and O–H groups in total. The van der Waals surface area contributed by atoms with Gasteiger partial charge in [0.15, 0.2) is 0 Å². The third kappa shape index (κ3) is 3.73. The molecular formula is C17H25Cl2NO. The first kappa shape index (κ1) is 17.1. The Morgan fingerprint density at radius 2 is 2.00 bits per heavy atom. The molecular weight excluding hydrogens is 305 g/mol. The first-order valence-electron chi connectivity index (χ1n) is 7.70. The number of rotatable bonds is 4. The van der Waals surface area contributed by atoms with Crippen LogP contribution in [0, 0.1) is 11.3 Å². The van der Waals surface area contributed by atoms with Crippen LogP contribution in [0.25, 0.3) is 0 Å². The standard InChI is InChI=1S/C17H25Cl2NO/c1-17(2)8-4-3-5-13(17)16(21)12(10-20)11-6-7-14(18)15(19)9-11/h6-7,9,12-13,16,21H,3-5,8,10,20H2,1-2H3. The van der Waals surface area contributed by atoms with Crippen molar-refractivity contribution in [3.63, 3.8) is 0 Å². The molecule has 1 saturated carbocycles. The molecule has 3 unspecified atom stereocenters. The number of aliphatic hydroxyl groups is 1. The zero-order valence-corrected chi connectivity index (χ0v) is 14.3. The van der Waals surface area contributed by atoms with E-state index in [1.165, 1.54) is 12.8 Å². The van der Waals surface area contributed by atoms with E-state index in [4.69, 9.17) is 28.9 Å². The van der Waals surface area contributed by atoms with E-state index in [2.05, 4.69) is 13.8 Å². The fraction of sp³-hybridized carbons (Fsp3) is 0.647. The van der Waals surface area contributed by atoms with Crippen LogP contribution in [-0.4, -0.2) is 17.8 Å². The van der Waals surface area contributed by atoms with Crippen molar-refractivity contribution in [2.75, 3.05) is 6.54 Å². The van der Waals surface area contributed by atoms with E-state index in [1.54, 1.807) is 6.07 Å². The molecule has 1 fully saturated rings. The Labute approximate surface area is 137 Å². The summed E-state index contributed by atoms with van der Waals surface area (Å²) < 4.78 is 0. The average molecular weight is 330 g/mol. The van der Waals surface area contributed by atoms with Crippen molar-refractivity contribution in [1.82, 2.24) is 0 Å². The third-order valence-corrected chi connectivity index (χ3v) is 5.78. The second-order valence-corrected chi connectivity index (χ2v) is 7.66. The summed E-state index contributed by atoms with van der Waals surface area (Å²) in [5, 5.41) is 12.0. The highest BCUT2D eigenvalue weighted by Crippen LogP contribution is 2.45. The molecule has 0 aromatic heterocycles. The van der Waals surface area contributed by atoms with E-state index in [0.717, 1.165) is 18.4 Å². The van der Waals surface area contributed by atoms with Crippen molar-refractivity contribution in [1.29, 1.82) is 0 Å². The summed E-state index contributed by atoms with van der Waals surface area (Å²) in [4.78, 5) is 0. The Balaban J connectivity index is 2.25. The lowest BCUT2D eigenvalue weighted by Crippen LogP contribution is -2.41. The van der Waals surface area contributed by atoms with E-state index >= 15 is 0 Å². The Bertz CT molecular complexity index is 490. The highest BCUT2D eigenvalue weighted by Gasteiger charge is 2.40. The number of benzene rings is 1. The van der Waals surface area contributed by atoms with Gasteiger partial charge in [0.2, 0.25) is 0 Å². The second kappa shape index (κ2) is 6.87. The van der Waals surface area contributed by atoms with Crippen LogP contribution in [0.2, 0.25) is 10.0 Å². The van der Waals surface area contributed by atoms with Crippen LogP contribution in [0.4, 0.5) is 0 Å². The summed E-state index contributed by atoms with van der Waals surface area (Å²) in [6.07, 6.45) is 4.21. The maximum Gasteiger partial charge on any atom is 0.0654 e. The number of nitrogens with two attached hydrogens (primary N) is 1. The number of aliphatic hydroxyl groups excluding tert-OH is 1. The predicted octanol–water partition coefficient (Wildman–Crippen LogP) is 4.61. The van der Waals surface area contributed by atoms with Crippen LogP contribution in [-0.2, 0) is 0 Å². The number of hydrogen-bond donors (Lipinski definition) is 2. The molecule has 2 rings (SSSR count). The zero-order valence-electron chi connectivity index (χ0n) is 12.8. The minimum absolute atomic E-state index is 0.0952. The molecule has 3 atom stereocenters. The van der Waals surface area contributed by atoms with E-state index < -0.39 is 6.10 Å². The fourth-order valence-electron chi connectivity index (χ4n) is 3.65. The van der Waals surface area contributed by atoms with E-state index in [1.807, 2.05) is 12.1 Å². The number of halogens is 2. The molecule has 4 heteroatoms. The molecule has 0 spiro atoms. The molecule has 0 bridgehead atoms. The van der Waals surface area contributed by atoms with Crippen LogP contribution >= 0.6 is 23.2 Å². The van der Waals surface area contributed by atoms with E-state index in [-0.39, 0.29) is 17.3 Å². The van der Waals surface area contributed by atoms with Crippen molar-refractivity contribution >= 4 is 23.2 Å². The SMILES string of the molecule is CC1(C)CCCCC1C(O)C(CN)c1ccc(Cl)c(Cl)c1. The molecule has 0 saturated heterocycles. The van der Waals surface area contributed by atoms with Gasteiger partial charge in [0, 0.05) is 12.5 Å². The molecule has 118 valence electrons. The molecule has 1 aromatic carbocycles. The summed E-state index contributed by atoms with van der Waals surface area (Å²) >= 11 is 12.1. The summed E-state index contributed by atoms with van der Waals surface area (Å²) in [5.74, 6) is 0.177.